The fourth-order valence-electron chi connectivity index (χ4n) is 2.35. The lowest BCUT2D eigenvalue weighted by Gasteiger charge is -2.08. The van der Waals surface area contributed by atoms with Crippen LogP contribution >= 0.6 is 0 Å². The summed E-state index contributed by atoms with van der Waals surface area (Å²) in [6.07, 6.45) is 1.69. The Bertz CT molecular complexity index is 596. The summed E-state index contributed by atoms with van der Waals surface area (Å²) in [6, 6.07) is 8.11. The van der Waals surface area contributed by atoms with E-state index in [0.29, 0.717) is 6.54 Å². The highest BCUT2D eigenvalue weighted by molar-refractivity contribution is 6.01. The Morgan fingerprint density at radius 1 is 1.44 bits per heavy atom. The largest absolute Gasteiger partial charge is 0.347 e. The van der Waals surface area contributed by atoms with E-state index in [1.165, 1.54) is 0 Å². The van der Waals surface area contributed by atoms with Crippen LogP contribution in [0.3, 0.4) is 0 Å². The third-order valence-corrected chi connectivity index (χ3v) is 3.16. The summed E-state index contributed by atoms with van der Waals surface area (Å²) in [5.41, 5.74) is 2.90. The van der Waals surface area contributed by atoms with Crippen molar-refractivity contribution in [1.29, 1.82) is 0 Å². The van der Waals surface area contributed by atoms with Gasteiger partial charge in [-0.2, -0.15) is 0 Å². The molecule has 0 bridgehead atoms. The molecule has 0 saturated carbocycles. The number of para-hydroxylation sites is 1. The highest BCUT2D eigenvalue weighted by Crippen LogP contribution is 2.25. The Morgan fingerprint density at radius 2 is 2.17 bits per heavy atom. The predicted molar refractivity (Wildman–Crippen MR) is 74.9 cm³/mol. The number of aromatic nitrogens is 1. The van der Waals surface area contributed by atoms with E-state index in [-0.39, 0.29) is 5.91 Å². The smallest absolute Gasteiger partial charge is 0.268 e. The summed E-state index contributed by atoms with van der Waals surface area (Å²) < 4.78 is 2.06. The zero-order valence-corrected chi connectivity index (χ0v) is 10.9. The van der Waals surface area contributed by atoms with Crippen LogP contribution in [0.15, 0.2) is 36.9 Å². The van der Waals surface area contributed by atoms with Crippen LogP contribution in [0.2, 0.25) is 0 Å². The first-order valence-corrected chi connectivity index (χ1v) is 6.17. The lowest BCUT2D eigenvalue weighted by molar-refractivity contribution is 0.0948. The van der Waals surface area contributed by atoms with Crippen molar-refractivity contribution in [3.8, 4) is 0 Å². The van der Waals surface area contributed by atoms with Gasteiger partial charge in [-0.1, -0.05) is 24.3 Å². The number of nitrogens with zero attached hydrogens (tertiary/aromatic N) is 1. The molecule has 2 aromatic rings. The summed E-state index contributed by atoms with van der Waals surface area (Å²) >= 11 is 0. The fraction of sp³-hybridized carbons (Fsp3) is 0.267. The van der Waals surface area contributed by atoms with Crippen molar-refractivity contribution in [2.24, 2.45) is 0 Å². The van der Waals surface area contributed by atoms with E-state index in [9.17, 15) is 4.79 Å². The number of carbonyl (C=O) groups is 1. The second kappa shape index (κ2) is 5.08. The molecule has 0 aliphatic rings. The topological polar surface area (TPSA) is 34.0 Å². The molecule has 0 saturated heterocycles. The number of fused-ring (bicyclic) bond motifs is 1. The van der Waals surface area contributed by atoms with Gasteiger partial charge >= 0.3 is 0 Å². The minimum atomic E-state index is -0.0366. The van der Waals surface area contributed by atoms with Crippen LogP contribution in [0.25, 0.3) is 10.9 Å². The van der Waals surface area contributed by atoms with E-state index in [4.69, 9.17) is 0 Å². The molecule has 3 heteroatoms. The average molecular weight is 242 g/mol. The molecule has 1 heterocycles. The molecule has 94 valence electrons. The van der Waals surface area contributed by atoms with Crippen LogP contribution in [-0.4, -0.2) is 17.0 Å². The predicted octanol–water partition coefficient (Wildman–Crippen LogP) is 2.89. The van der Waals surface area contributed by atoms with Gasteiger partial charge in [-0.3, -0.25) is 4.79 Å². The summed E-state index contributed by atoms with van der Waals surface area (Å²) in [5.74, 6) is -0.0366. The molecule has 18 heavy (non-hydrogen) atoms. The highest BCUT2D eigenvalue weighted by atomic mass is 16.1. The number of hydrogen-bond acceptors (Lipinski definition) is 1. The van der Waals surface area contributed by atoms with Crippen molar-refractivity contribution < 1.29 is 4.79 Å². The van der Waals surface area contributed by atoms with Gasteiger partial charge in [0.05, 0.1) is 0 Å². The first-order chi connectivity index (χ1) is 8.70. The van der Waals surface area contributed by atoms with Gasteiger partial charge in [0, 0.05) is 24.0 Å². The SMILES string of the molecule is C=CCNC(=O)c1c(C)c2ccccc2n1CC. The van der Waals surface area contributed by atoms with E-state index in [2.05, 4.69) is 35.5 Å². The number of hydrogen-bond donors (Lipinski definition) is 1. The van der Waals surface area contributed by atoms with E-state index in [0.717, 1.165) is 28.7 Å². The van der Waals surface area contributed by atoms with Crippen molar-refractivity contribution in [2.75, 3.05) is 6.54 Å². The molecule has 1 N–H and O–H groups in total. The number of nitrogens with one attached hydrogen (secondary N) is 1. The zero-order chi connectivity index (χ0) is 13.1. The van der Waals surface area contributed by atoms with Gasteiger partial charge in [0.15, 0.2) is 0 Å². The number of rotatable bonds is 4. The third kappa shape index (κ3) is 1.92. The Hall–Kier alpha value is -2.03. The molecule has 1 amide bonds. The number of benzene rings is 1. The molecule has 3 nitrogen and oxygen atoms in total. The quantitative estimate of drug-likeness (QED) is 0.822. The van der Waals surface area contributed by atoms with Gasteiger partial charge in [-0.25, -0.2) is 0 Å². The van der Waals surface area contributed by atoms with Gasteiger partial charge in [0.2, 0.25) is 0 Å². The molecule has 0 spiro atoms. The molecule has 0 radical (unpaired) electrons. The van der Waals surface area contributed by atoms with Gasteiger partial charge < -0.3 is 9.88 Å². The van der Waals surface area contributed by atoms with Gasteiger partial charge in [0.25, 0.3) is 5.91 Å². The van der Waals surface area contributed by atoms with Gasteiger partial charge in [-0.05, 0) is 25.5 Å². The molecule has 0 atom stereocenters. The van der Waals surface area contributed by atoms with Crippen molar-refractivity contribution in [3.63, 3.8) is 0 Å². The van der Waals surface area contributed by atoms with Crippen LogP contribution in [-0.2, 0) is 6.54 Å². The maximum absolute atomic E-state index is 12.2. The maximum Gasteiger partial charge on any atom is 0.268 e. The zero-order valence-electron chi connectivity index (χ0n) is 10.9. The molecule has 0 aliphatic heterocycles. The maximum atomic E-state index is 12.2. The number of aryl methyl sites for hydroxylation is 2. The lowest BCUT2D eigenvalue weighted by atomic mass is 10.1. The Balaban J connectivity index is 2.58. The minimum absolute atomic E-state index is 0.0366. The van der Waals surface area contributed by atoms with Crippen LogP contribution in [0.1, 0.15) is 23.0 Å². The Labute approximate surface area is 107 Å². The molecule has 1 aromatic carbocycles. The summed E-state index contributed by atoms with van der Waals surface area (Å²) in [6.45, 7) is 8.93. The van der Waals surface area contributed by atoms with E-state index >= 15 is 0 Å². The first-order valence-electron chi connectivity index (χ1n) is 6.17. The molecule has 0 unspecified atom stereocenters. The molecule has 0 fully saturated rings. The van der Waals surface area contributed by atoms with Gasteiger partial charge in [0.1, 0.15) is 5.69 Å². The first kappa shape index (κ1) is 12.4. The molecular formula is C15H18N2O. The monoisotopic (exact) mass is 242 g/mol. The number of amides is 1. The van der Waals surface area contributed by atoms with Crippen LogP contribution in [0, 0.1) is 6.92 Å². The van der Waals surface area contributed by atoms with Crippen LogP contribution in [0.4, 0.5) is 0 Å². The normalized spacial score (nSPS) is 10.6. The number of carbonyl (C=O) groups excluding carboxylic acids is 1. The molecular weight excluding hydrogens is 224 g/mol. The summed E-state index contributed by atoms with van der Waals surface area (Å²) in [7, 11) is 0. The third-order valence-electron chi connectivity index (χ3n) is 3.16. The summed E-state index contributed by atoms with van der Waals surface area (Å²) in [4.78, 5) is 12.2. The van der Waals surface area contributed by atoms with Crippen molar-refractivity contribution in [3.05, 3.63) is 48.2 Å². The van der Waals surface area contributed by atoms with Crippen molar-refractivity contribution in [1.82, 2.24) is 9.88 Å². The second-order valence-electron chi connectivity index (χ2n) is 4.23. The summed E-state index contributed by atoms with van der Waals surface area (Å²) in [5, 5.41) is 3.99. The minimum Gasteiger partial charge on any atom is -0.347 e. The highest BCUT2D eigenvalue weighted by Gasteiger charge is 2.18. The van der Waals surface area contributed by atoms with Crippen LogP contribution in [0.5, 0.6) is 0 Å². The molecule has 0 aliphatic carbocycles. The lowest BCUT2D eigenvalue weighted by Crippen LogP contribution is -2.26. The van der Waals surface area contributed by atoms with E-state index in [1.54, 1.807) is 6.08 Å². The Kier molecular flexibility index (Phi) is 3.51. The average Bonchev–Trinajstić information content (AvgIpc) is 2.69. The van der Waals surface area contributed by atoms with Crippen LogP contribution < -0.4 is 5.32 Å². The van der Waals surface area contributed by atoms with Crippen molar-refractivity contribution >= 4 is 16.8 Å². The molecule has 1 aromatic heterocycles. The van der Waals surface area contributed by atoms with Gasteiger partial charge in [-0.15, -0.1) is 6.58 Å². The molecule has 2 rings (SSSR count). The fourth-order valence-corrected chi connectivity index (χ4v) is 2.35. The second-order valence-corrected chi connectivity index (χ2v) is 4.23. The van der Waals surface area contributed by atoms with E-state index < -0.39 is 0 Å². The van der Waals surface area contributed by atoms with Crippen molar-refractivity contribution in [2.45, 2.75) is 20.4 Å². The Morgan fingerprint density at radius 3 is 2.83 bits per heavy atom. The standard InChI is InChI=1S/C15H18N2O/c1-4-10-16-15(18)14-11(3)12-8-6-7-9-13(12)17(14)5-2/h4,6-9H,1,5,10H2,2-3H3,(H,16,18). The van der Waals surface area contributed by atoms with E-state index in [1.807, 2.05) is 19.1 Å².